The summed E-state index contributed by atoms with van der Waals surface area (Å²) in [6, 6.07) is 12.1. The van der Waals surface area contributed by atoms with Gasteiger partial charge in [-0.05, 0) is 42.8 Å². The molecule has 7 heteroatoms. The number of ether oxygens (including phenoxy) is 1. The molecule has 0 bridgehead atoms. The number of esters is 1. The maximum Gasteiger partial charge on any atom is 0.306 e. The minimum atomic E-state index is -0.537. The molecule has 1 N–H and O–H groups in total. The number of benzene rings is 2. The highest BCUT2D eigenvalue weighted by Gasteiger charge is 2.11. The molecule has 0 saturated heterocycles. The minimum Gasteiger partial charge on any atom is -0.457 e. The van der Waals surface area contributed by atoms with Crippen LogP contribution in [-0.2, 0) is 14.3 Å². The third-order valence-corrected chi connectivity index (χ3v) is 3.97. The van der Waals surface area contributed by atoms with E-state index in [0.29, 0.717) is 17.7 Å². The fourth-order valence-electron chi connectivity index (χ4n) is 2.09. The second kappa shape index (κ2) is 9.82. The van der Waals surface area contributed by atoms with Gasteiger partial charge in [-0.3, -0.25) is 14.4 Å². The number of nitrogens with one attached hydrogen (secondary N) is 1. The molecule has 0 aliphatic rings. The smallest absolute Gasteiger partial charge is 0.306 e. The van der Waals surface area contributed by atoms with Crippen LogP contribution in [0.25, 0.3) is 0 Å². The van der Waals surface area contributed by atoms with Gasteiger partial charge in [-0.1, -0.05) is 28.1 Å². The molecular formula is C19H17BrFNO4. The number of amides is 1. The van der Waals surface area contributed by atoms with Crippen LogP contribution < -0.4 is 5.32 Å². The molecule has 0 atom stereocenters. The molecule has 0 aromatic heterocycles. The average molecular weight is 422 g/mol. The molecule has 0 spiro atoms. The highest BCUT2D eigenvalue weighted by atomic mass is 79.9. The van der Waals surface area contributed by atoms with Gasteiger partial charge in [-0.15, -0.1) is 0 Å². The highest BCUT2D eigenvalue weighted by Crippen LogP contribution is 2.12. The van der Waals surface area contributed by atoms with Crippen molar-refractivity contribution in [1.29, 1.82) is 0 Å². The van der Waals surface area contributed by atoms with E-state index >= 15 is 0 Å². The number of hydrogen-bond acceptors (Lipinski definition) is 4. The largest absolute Gasteiger partial charge is 0.457 e. The summed E-state index contributed by atoms with van der Waals surface area (Å²) in [7, 11) is 0. The van der Waals surface area contributed by atoms with Crippen LogP contribution in [0.1, 0.15) is 29.6 Å². The lowest BCUT2D eigenvalue weighted by Gasteiger charge is -2.06. The maximum atomic E-state index is 12.8. The molecule has 2 rings (SSSR count). The van der Waals surface area contributed by atoms with E-state index in [2.05, 4.69) is 21.2 Å². The quantitative estimate of drug-likeness (QED) is 0.513. The molecule has 1 amide bonds. The molecule has 0 aliphatic heterocycles. The molecule has 0 saturated carbocycles. The standard InChI is InChI=1S/C19H17BrFNO4/c20-14-6-4-13(5-7-14)17(23)12-26-19(25)3-1-2-18(24)22-16-10-8-15(21)9-11-16/h4-11H,1-3,12H2,(H,22,24). The van der Waals surface area contributed by atoms with Gasteiger partial charge in [0.15, 0.2) is 12.4 Å². The lowest BCUT2D eigenvalue weighted by molar-refractivity contribution is -0.142. The van der Waals surface area contributed by atoms with Crippen molar-refractivity contribution in [1.82, 2.24) is 0 Å². The Labute approximate surface area is 158 Å². The number of carbonyl (C=O) groups excluding carboxylic acids is 3. The molecule has 0 aliphatic carbocycles. The Morgan fingerprint density at radius 1 is 0.962 bits per heavy atom. The molecule has 0 fully saturated rings. The van der Waals surface area contributed by atoms with E-state index in [1.54, 1.807) is 24.3 Å². The van der Waals surface area contributed by atoms with Gasteiger partial charge >= 0.3 is 5.97 Å². The number of Topliss-reactive ketones (excluding diaryl/α,β-unsaturated/α-hetero) is 1. The number of hydrogen-bond donors (Lipinski definition) is 1. The van der Waals surface area contributed by atoms with Crippen molar-refractivity contribution < 1.29 is 23.5 Å². The van der Waals surface area contributed by atoms with Crippen molar-refractivity contribution in [3.63, 3.8) is 0 Å². The van der Waals surface area contributed by atoms with Crippen LogP contribution >= 0.6 is 15.9 Å². The van der Waals surface area contributed by atoms with Gasteiger partial charge in [0.25, 0.3) is 0 Å². The summed E-state index contributed by atoms with van der Waals surface area (Å²) in [4.78, 5) is 35.3. The Morgan fingerprint density at radius 3 is 2.27 bits per heavy atom. The van der Waals surface area contributed by atoms with E-state index in [1.807, 2.05) is 0 Å². The SMILES string of the molecule is O=C(CCCC(=O)OCC(=O)c1ccc(Br)cc1)Nc1ccc(F)cc1. The van der Waals surface area contributed by atoms with Gasteiger partial charge in [0.1, 0.15) is 5.82 Å². The van der Waals surface area contributed by atoms with Crippen molar-refractivity contribution in [2.24, 2.45) is 0 Å². The third kappa shape index (κ3) is 6.76. The number of rotatable bonds is 8. The monoisotopic (exact) mass is 421 g/mol. The number of halogens is 2. The van der Waals surface area contributed by atoms with Crippen molar-refractivity contribution in [3.05, 3.63) is 64.4 Å². The minimum absolute atomic E-state index is 0.0322. The lowest BCUT2D eigenvalue weighted by Crippen LogP contribution is -2.15. The molecule has 0 radical (unpaired) electrons. The molecule has 0 heterocycles. The average Bonchev–Trinajstić information content (AvgIpc) is 2.62. The van der Waals surface area contributed by atoms with Crippen molar-refractivity contribution in [2.45, 2.75) is 19.3 Å². The van der Waals surface area contributed by atoms with Gasteiger partial charge in [0.2, 0.25) is 5.91 Å². The van der Waals surface area contributed by atoms with E-state index in [-0.39, 0.29) is 37.0 Å². The predicted octanol–water partition coefficient (Wildman–Crippen LogP) is 4.12. The lowest BCUT2D eigenvalue weighted by atomic mass is 10.1. The first-order valence-corrected chi connectivity index (χ1v) is 8.73. The van der Waals surface area contributed by atoms with E-state index in [1.165, 1.54) is 24.3 Å². The predicted molar refractivity (Wildman–Crippen MR) is 98.3 cm³/mol. The van der Waals surface area contributed by atoms with Crippen LogP contribution in [-0.4, -0.2) is 24.3 Å². The Kier molecular flexibility index (Phi) is 7.47. The van der Waals surface area contributed by atoms with E-state index in [0.717, 1.165) is 4.47 Å². The summed E-state index contributed by atoms with van der Waals surface area (Å²) in [6.07, 6.45) is 0.440. The zero-order valence-electron chi connectivity index (χ0n) is 13.8. The molecule has 0 unspecified atom stereocenters. The summed E-state index contributed by atoms with van der Waals surface area (Å²) in [5.74, 6) is -1.50. The highest BCUT2D eigenvalue weighted by molar-refractivity contribution is 9.10. The number of anilines is 1. The summed E-state index contributed by atoms with van der Waals surface area (Å²) in [5, 5.41) is 2.60. The van der Waals surface area contributed by atoms with Crippen LogP contribution in [0.4, 0.5) is 10.1 Å². The Bertz CT molecular complexity index is 775. The zero-order chi connectivity index (χ0) is 18.9. The van der Waals surface area contributed by atoms with E-state index in [4.69, 9.17) is 4.74 Å². The van der Waals surface area contributed by atoms with E-state index < -0.39 is 5.97 Å². The fraction of sp³-hybridized carbons (Fsp3) is 0.211. The normalized spacial score (nSPS) is 10.2. The first-order chi connectivity index (χ1) is 12.4. The summed E-state index contributed by atoms with van der Waals surface area (Å²) in [5.41, 5.74) is 0.943. The van der Waals surface area contributed by atoms with Gasteiger partial charge in [-0.25, -0.2) is 4.39 Å². The first kappa shape index (κ1) is 19.8. The topological polar surface area (TPSA) is 72.5 Å². The van der Waals surface area contributed by atoms with Crippen LogP contribution in [0, 0.1) is 5.82 Å². The van der Waals surface area contributed by atoms with E-state index in [9.17, 15) is 18.8 Å². The molecule has 5 nitrogen and oxygen atoms in total. The van der Waals surface area contributed by atoms with Crippen molar-refractivity contribution >= 4 is 39.3 Å². The number of carbonyl (C=O) groups is 3. The Balaban J connectivity index is 1.65. The molecule has 26 heavy (non-hydrogen) atoms. The Hall–Kier alpha value is -2.54. The fourth-order valence-corrected chi connectivity index (χ4v) is 2.35. The first-order valence-electron chi connectivity index (χ1n) is 7.94. The van der Waals surface area contributed by atoms with Crippen LogP contribution in [0.15, 0.2) is 53.0 Å². The van der Waals surface area contributed by atoms with Crippen LogP contribution in [0.2, 0.25) is 0 Å². The molecule has 2 aromatic rings. The van der Waals surface area contributed by atoms with Gasteiger partial charge in [0.05, 0.1) is 0 Å². The number of ketones is 1. The Morgan fingerprint density at radius 2 is 1.62 bits per heavy atom. The van der Waals surface area contributed by atoms with Crippen LogP contribution in [0.5, 0.6) is 0 Å². The zero-order valence-corrected chi connectivity index (χ0v) is 15.4. The van der Waals surface area contributed by atoms with Crippen molar-refractivity contribution in [2.75, 3.05) is 11.9 Å². The van der Waals surface area contributed by atoms with Gasteiger partial charge in [0, 0.05) is 28.6 Å². The molecule has 2 aromatic carbocycles. The summed E-state index contributed by atoms with van der Waals surface area (Å²) >= 11 is 3.27. The third-order valence-electron chi connectivity index (χ3n) is 3.44. The summed E-state index contributed by atoms with van der Waals surface area (Å²) in [6.45, 7) is -0.331. The second-order valence-electron chi connectivity index (χ2n) is 5.50. The van der Waals surface area contributed by atoms with Crippen molar-refractivity contribution in [3.8, 4) is 0 Å². The maximum absolute atomic E-state index is 12.8. The van der Waals surface area contributed by atoms with Crippen LogP contribution in [0.3, 0.4) is 0 Å². The van der Waals surface area contributed by atoms with Gasteiger partial charge < -0.3 is 10.1 Å². The van der Waals surface area contributed by atoms with Gasteiger partial charge in [-0.2, -0.15) is 0 Å². The second-order valence-corrected chi connectivity index (χ2v) is 6.42. The molecular weight excluding hydrogens is 405 g/mol. The molecule has 136 valence electrons. The summed E-state index contributed by atoms with van der Waals surface area (Å²) < 4.78 is 18.6.